The second-order valence-electron chi connectivity index (χ2n) is 23.7. The van der Waals surface area contributed by atoms with Gasteiger partial charge in [0, 0.05) is 47.0 Å². The first-order valence-corrected chi connectivity index (χ1v) is 28.1. The lowest BCUT2D eigenvalue weighted by atomic mass is 9.78. The Labute approximate surface area is 507 Å². The van der Waals surface area contributed by atoms with Gasteiger partial charge in [-0.2, -0.15) is 0 Å². The van der Waals surface area contributed by atoms with Gasteiger partial charge >= 0.3 is 83.6 Å². The molecule has 0 aromatic carbocycles. The van der Waals surface area contributed by atoms with Crippen LogP contribution >= 0.6 is 0 Å². The lowest BCUT2D eigenvalue weighted by Gasteiger charge is -2.34. The molecule has 4 heterocycles. The summed E-state index contributed by atoms with van der Waals surface area (Å²) in [6, 6.07) is 0. The molecule has 8 saturated carbocycles. The van der Waals surface area contributed by atoms with Crippen molar-refractivity contribution in [3.8, 4) is 0 Å². The van der Waals surface area contributed by atoms with Crippen molar-refractivity contribution in [3.05, 3.63) is 49.6 Å². The molecule has 0 aromatic rings. The van der Waals surface area contributed by atoms with Gasteiger partial charge in [0.1, 0.15) is 23.0 Å². The summed E-state index contributed by atoms with van der Waals surface area (Å²) >= 11 is 0. The van der Waals surface area contributed by atoms with Crippen molar-refractivity contribution in [2.45, 2.75) is 113 Å². The van der Waals surface area contributed by atoms with Crippen molar-refractivity contribution in [1.82, 2.24) is 0 Å². The van der Waals surface area contributed by atoms with E-state index in [0.29, 0.717) is 25.7 Å². The quantitative estimate of drug-likeness (QED) is 0.0598. The fraction of sp³-hybridized carbons (Fsp3) is 0.586. The van der Waals surface area contributed by atoms with E-state index in [-0.39, 0.29) is 97.1 Å². The highest BCUT2D eigenvalue weighted by Crippen LogP contribution is 2.65. The number of ether oxygens (including phenoxy) is 14. The predicted octanol–water partition coefficient (Wildman–Crippen LogP) is -0.474. The zero-order valence-electron chi connectivity index (χ0n) is 48.0. The number of carboxylic acids is 2. The van der Waals surface area contributed by atoms with Gasteiger partial charge in [-0.1, -0.05) is 26.3 Å². The minimum atomic E-state index is -1.54. The molecule has 0 aromatic heterocycles. The average Bonchev–Trinajstić information content (AvgIpc) is 1.59. The highest BCUT2D eigenvalue weighted by Gasteiger charge is 2.78. The topological polar surface area (TPSA) is 443 Å². The molecule has 0 radical (unpaired) electrons. The van der Waals surface area contributed by atoms with Crippen LogP contribution in [0.4, 0.5) is 0 Å². The van der Waals surface area contributed by atoms with Crippen LogP contribution < -0.4 is 0 Å². The Morgan fingerprint density at radius 1 is 0.489 bits per heavy atom. The van der Waals surface area contributed by atoms with E-state index in [1.165, 1.54) is 13.8 Å². The summed E-state index contributed by atoms with van der Waals surface area (Å²) in [7, 11) is 0. The fourth-order valence-electron chi connectivity index (χ4n) is 15.1. The number of aliphatic carboxylic acids is 2. The van der Waals surface area contributed by atoms with Gasteiger partial charge in [-0.15, -0.1) is 0 Å². The summed E-state index contributed by atoms with van der Waals surface area (Å²) in [5.74, 6) is -16.3. The van der Waals surface area contributed by atoms with E-state index in [2.05, 4.69) is 40.5 Å². The molecule has 32 nitrogen and oxygen atoms in total. The van der Waals surface area contributed by atoms with E-state index >= 15 is 0 Å². The molecule has 20 unspecified atom stereocenters. The fourth-order valence-corrected chi connectivity index (χ4v) is 15.1. The number of esters is 12. The van der Waals surface area contributed by atoms with Crippen LogP contribution in [0.3, 0.4) is 0 Å². The SMILES string of the molecule is C=C(C)C(=O)OCC(=O)OC1C2CC3C(=O)OC1(OC=O)C3C2.C=C(C)C(=O)OCC(=O)OC1C2OC(=O)C3CC1(C(=O)O)CC32.C=CC(=O)OCC(=O)OC1C2CC3C(=O)OC1(OC=O)C3C2.C=CC(=O)OCC(=O)OC1C2OC(=O)C3CC1(C(=O)O)CC32. The van der Waals surface area contributed by atoms with E-state index in [9.17, 15) is 86.9 Å². The highest BCUT2D eigenvalue weighted by molar-refractivity contribution is 5.91. The smallest absolute Gasteiger partial charge is 0.344 e. The van der Waals surface area contributed by atoms with Crippen LogP contribution in [0.1, 0.15) is 65.2 Å². The summed E-state index contributed by atoms with van der Waals surface area (Å²) < 4.78 is 70.4. The van der Waals surface area contributed by atoms with Crippen molar-refractivity contribution in [2.24, 2.45) is 70.0 Å². The first-order valence-electron chi connectivity index (χ1n) is 28.1. The van der Waals surface area contributed by atoms with E-state index < -0.39 is 181 Å². The van der Waals surface area contributed by atoms with Crippen LogP contribution in [-0.4, -0.2) is 181 Å². The number of fused-ring (bicyclic) bond motifs is 4. The van der Waals surface area contributed by atoms with Crippen molar-refractivity contribution in [3.63, 3.8) is 0 Å². The second-order valence-corrected chi connectivity index (χ2v) is 23.7. The maximum absolute atomic E-state index is 11.9. The van der Waals surface area contributed by atoms with E-state index in [0.717, 1.165) is 12.2 Å². The van der Waals surface area contributed by atoms with Crippen LogP contribution in [0.25, 0.3) is 0 Å². The summed E-state index contributed by atoms with van der Waals surface area (Å²) in [6.07, 6.45) is -0.609. The van der Waals surface area contributed by atoms with Crippen molar-refractivity contribution in [1.29, 1.82) is 0 Å². The van der Waals surface area contributed by atoms with Crippen LogP contribution in [0.5, 0.6) is 0 Å². The van der Waals surface area contributed by atoms with Crippen molar-refractivity contribution in [2.75, 3.05) is 26.4 Å². The monoisotopic (exact) mass is 1270 g/mol. The summed E-state index contributed by atoms with van der Waals surface area (Å²) in [6.45, 7) is 14.0. The van der Waals surface area contributed by atoms with E-state index in [1.54, 1.807) is 0 Å². The van der Waals surface area contributed by atoms with Gasteiger partial charge in [0.15, 0.2) is 50.8 Å². The maximum Gasteiger partial charge on any atom is 0.344 e. The average molecular weight is 1270 g/mol. The van der Waals surface area contributed by atoms with Gasteiger partial charge in [0.2, 0.25) is 0 Å². The molecule has 20 atom stereocenters. The van der Waals surface area contributed by atoms with E-state index in [1.807, 2.05) is 0 Å². The van der Waals surface area contributed by atoms with Crippen LogP contribution in [0.2, 0.25) is 0 Å². The molecular formula is C58H60O32. The van der Waals surface area contributed by atoms with Gasteiger partial charge in [-0.25, -0.2) is 38.4 Å². The van der Waals surface area contributed by atoms with Crippen molar-refractivity contribution >= 4 is 96.5 Å². The van der Waals surface area contributed by atoms with Crippen LogP contribution in [-0.2, 0) is 143 Å². The Morgan fingerprint density at radius 3 is 1.13 bits per heavy atom. The number of hydrogen-bond acceptors (Lipinski definition) is 30. The molecule has 32 heteroatoms. The molecule has 12 fully saturated rings. The molecule has 4 saturated heterocycles. The Kier molecular flexibility index (Phi) is 17.9. The Bertz CT molecular complexity index is 3180. The summed E-state index contributed by atoms with van der Waals surface area (Å²) in [5, 5.41) is 19.1. The number of carboxylic acid groups (broad SMARTS) is 2. The molecule has 90 heavy (non-hydrogen) atoms. The Morgan fingerprint density at radius 2 is 0.822 bits per heavy atom. The lowest BCUT2D eigenvalue weighted by Crippen LogP contribution is -2.51. The molecule has 0 spiro atoms. The first kappa shape index (κ1) is 64.9. The third-order valence-electron chi connectivity index (χ3n) is 18.7. The summed E-state index contributed by atoms with van der Waals surface area (Å²) in [5.41, 5.74) is -2.32. The van der Waals surface area contributed by atoms with Crippen molar-refractivity contribution < 1.29 is 153 Å². The first-order chi connectivity index (χ1) is 42.5. The van der Waals surface area contributed by atoms with Gasteiger partial charge in [-0.3, -0.25) is 38.4 Å². The zero-order valence-corrected chi connectivity index (χ0v) is 48.0. The van der Waals surface area contributed by atoms with Crippen LogP contribution in [0.15, 0.2) is 49.6 Å². The molecule has 12 rings (SSSR count). The predicted molar refractivity (Wildman–Crippen MR) is 277 cm³/mol. The molecule has 8 bridgehead atoms. The third kappa shape index (κ3) is 11.3. The van der Waals surface area contributed by atoms with Gasteiger partial charge in [-0.05, 0) is 65.2 Å². The molecule has 4 aliphatic heterocycles. The van der Waals surface area contributed by atoms with Gasteiger partial charge < -0.3 is 76.5 Å². The number of carbonyl (C=O) groups is 16. The molecule has 2 N–H and O–H groups in total. The third-order valence-corrected chi connectivity index (χ3v) is 18.7. The molecular weight excluding hydrogens is 1210 g/mol. The molecule has 0 amide bonds. The number of carbonyl (C=O) groups excluding carboxylic acids is 14. The van der Waals surface area contributed by atoms with Gasteiger partial charge in [0.05, 0.1) is 35.5 Å². The minimum Gasteiger partial charge on any atom is -0.481 e. The maximum atomic E-state index is 11.9. The summed E-state index contributed by atoms with van der Waals surface area (Å²) in [4.78, 5) is 184. The highest BCUT2D eigenvalue weighted by atomic mass is 16.8. The van der Waals surface area contributed by atoms with Gasteiger partial charge in [0.25, 0.3) is 24.5 Å². The standard InChI is InChI=1S/2C15H16O8.2C14H14O8/c1-7(2)13(18)20-5-11(17)22-12-8-3-9-10(4-8)15(12,21-6-16)23-14(9)19;1-6(2)12(17)21-5-9(16)22-11-10-7-3-15(11,14(19)20)4-8(7)13(18)23-10;1-2-10(16)19-5-11(17)21-12-7-3-8-9(4-7)14(12,20-6-15)22-13(8)18;1-2-8(15)20-5-9(16)21-11-10-6-3-14(11,13(18)19)4-7(6)12(17)22-10/h6,8-10,12H,1,3-5H2,2H3;7-8,10-11H,1,3-5H2,2H3,(H,19,20);2,6-9,12H,1,3-5H2;2,6-7,10-11H,1,3-5H2,(H,18,19). The van der Waals surface area contributed by atoms with E-state index in [4.69, 9.17) is 52.1 Å². The molecule has 12 aliphatic rings. The number of rotatable bonds is 22. The molecule has 484 valence electrons. The second kappa shape index (κ2) is 24.8. The normalized spacial score (nSPS) is 36.9. The van der Waals surface area contributed by atoms with Crippen LogP contribution in [0, 0.1) is 70.0 Å². The zero-order chi connectivity index (χ0) is 65.7. The Balaban J connectivity index is 0.000000142. The minimum absolute atomic E-state index is 0.103. The number of hydrogen-bond donors (Lipinski definition) is 2. The lowest BCUT2D eigenvalue weighted by molar-refractivity contribution is -0.253. The molecule has 8 aliphatic carbocycles. The largest absolute Gasteiger partial charge is 0.481 e. The Hall–Kier alpha value is -9.52.